The molecule has 0 heterocycles. The van der Waals surface area contributed by atoms with Crippen molar-refractivity contribution < 1.29 is 22.3 Å². The number of nitrogens with zero attached hydrogens (tertiary/aromatic N) is 1. The lowest BCUT2D eigenvalue weighted by Gasteiger charge is -2.09. The Morgan fingerprint density at radius 3 is 2.43 bits per heavy atom. The van der Waals surface area contributed by atoms with Crippen LogP contribution in [-0.2, 0) is 10.0 Å². The molecule has 0 aromatic heterocycles. The number of methoxy groups -OCH3 is 2. The predicted octanol–water partition coefficient (Wildman–Crippen LogP) is 2.16. The summed E-state index contributed by atoms with van der Waals surface area (Å²) in [5.41, 5.74) is 0.169. The lowest BCUT2D eigenvalue weighted by Crippen LogP contribution is -2.18. The van der Waals surface area contributed by atoms with Crippen LogP contribution in [0.4, 0.5) is 4.39 Å². The number of hydrogen-bond donors (Lipinski definition) is 1. The van der Waals surface area contributed by atoms with E-state index in [1.807, 2.05) is 4.83 Å². The molecule has 1 N–H and O–H groups in total. The van der Waals surface area contributed by atoms with Gasteiger partial charge in [0.2, 0.25) is 0 Å². The van der Waals surface area contributed by atoms with Gasteiger partial charge >= 0.3 is 0 Å². The predicted molar refractivity (Wildman–Crippen MR) is 83.9 cm³/mol. The number of ether oxygens (including phenoxy) is 2. The van der Waals surface area contributed by atoms with Gasteiger partial charge in [0, 0.05) is 11.6 Å². The van der Waals surface area contributed by atoms with Crippen molar-refractivity contribution in [3.05, 3.63) is 53.8 Å². The highest BCUT2D eigenvalue weighted by atomic mass is 32.2. The summed E-state index contributed by atoms with van der Waals surface area (Å²) in [5, 5.41) is 3.57. The Kier molecular flexibility index (Phi) is 5.17. The summed E-state index contributed by atoms with van der Waals surface area (Å²) in [5.74, 6) is 0.177. The lowest BCUT2D eigenvalue weighted by molar-refractivity contribution is 0.354. The fourth-order valence-corrected chi connectivity index (χ4v) is 2.59. The van der Waals surface area contributed by atoms with Crippen LogP contribution in [0.5, 0.6) is 11.5 Å². The van der Waals surface area contributed by atoms with E-state index in [4.69, 9.17) is 9.47 Å². The van der Waals surface area contributed by atoms with E-state index in [1.165, 1.54) is 50.6 Å². The summed E-state index contributed by atoms with van der Waals surface area (Å²) in [7, 11) is -1.06. The van der Waals surface area contributed by atoms with E-state index < -0.39 is 15.8 Å². The summed E-state index contributed by atoms with van der Waals surface area (Å²) in [4.78, 5) is 1.96. The maximum absolute atomic E-state index is 13.4. The highest BCUT2D eigenvalue weighted by molar-refractivity contribution is 7.89. The fourth-order valence-electron chi connectivity index (χ4n) is 1.78. The Labute approximate surface area is 133 Å². The molecule has 0 amide bonds. The van der Waals surface area contributed by atoms with Gasteiger partial charge in [-0.05, 0) is 18.2 Å². The zero-order chi connectivity index (χ0) is 16.9. The molecule has 23 heavy (non-hydrogen) atoms. The summed E-state index contributed by atoms with van der Waals surface area (Å²) in [6.07, 6.45) is 1.09. The number of hydrazone groups is 1. The van der Waals surface area contributed by atoms with E-state index in [0.29, 0.717) is 5.75 Å². The van der Waals surface area contributed by atoms with Crippen molar-refractivity contribution in [3.8, 4) is 11.5 Å². The van der Waals surface area contributed by atoms with Gasteiger partial charge in [0.25, 0.3) is 10.0 Å². The lowest BCUT2D eigenvalue weighted by atomic mass is 10.2. The van der Waals surface area contributed by atoms with Gasteiger partial charge in [-0.1, -0.05) is 18.2 Å². The van der Waals surface area contributed by atoms with Crippen molar-refractivity contribution in [2.75, 3.05) is 14.2 Å². The van der Waals surface area contributed by atoms with Crippen LogP contribution in [0.2, 0.25) is 0 Å². The van der Waals surface area contributed by atoms with Gasteiger partial charge in [-0.3, -0.25) is 0 Å². The standard InChI is InChI=1S/C15H15FN2O4S/c1-21-14-8-7-12(9-15(14)22-2)23(19,20)18-17-10-11-5-3-4-6-13(11)16/h3-10,18H,1-2H3/b17-10+. The van der Waals surface area contributed by atoms with Crippen LogP contribution in [0.15, 0.2) is 52.5 Å². The van der Waals surface area contributed by atoms with Crippen LogP contribution in [0.3, 0.4) is 0 Å². The van der Waals surface area contributed by atoms with Gasteiger partial charge in [-0.2, -0.15) is 13.5 Å². The quantitative estimate of drug-likeness (QED) is 0.647. The minimum absolute atomic E-state index is 0.0548. The Balaban J connectivity index is 2.21. The van der Waals surface area contributed by atoms with Crippen LogP contribution in [0.1, 0.15) is 5.56 Å². The molecule has 0 aliphatic carbocycles. The summed E-state index contributed by atoms with van der Waals surface area (Å²) < 4.78 is 47.8. The summed E-state index contributed by atoms with van der Waals surface area (Å²) in [6, 6.07) is 10.00. The molecule has 2 rings (SSSR count). The van der Waals surface area contributed by atoms with Crippen LogP contribution < -0.4 is 14.3 Å². The van der Waals surface area contributed by atoms with E-state index in [1.54, 1.807) is 6.07 Å². The largest absolute Gasteiger partial charge is 0.493 e. The van der Waals surface area contributed by atoms with Gasteiger partial charge in [-0.15, -0.1) is 0 Å². The van der Waals surface area contributed by atoms with Crippen molar-refractivity contribution in [2.45, 2.75) is 4.90 Å². The molecule has 0 aliphatic rings. The zero-order valence-electron chi connectivity index (χ0n) is 12.5. The molecular formula is C15H15FN2O4S. The highest BCUT2D eigenvalue weighted by Crippen LogP contribution is 2.29. The molecule has 0 fully saturated rings. The van der Waals surface area contributed by atoms with Crippen LogP contribution in [-0.4, -0.2) is 28.9 Å². The molecule has 2 aromatic carbocycles. The topological polar surface area (TPSA) is 77.0 Å². The molecule has 0 spiro atoms. The number of sulfonamides is 1. The van der Waals surface area contributed by atoms with E-state index in [-0.39, 0.29) is 16.2 Å². The number of nitrogens with one attached hydrogen (secondary N) is 1. The molecular weight excluding hydrogens is 323 g/mol. The summed E-state index contributed by atoms with van der Waals surface area (Å²) >= 11 is 0. The number of halogens is 1. The molecule has 2 aromatic rings. The monoisotopic (exact) mass is 338 g/mol. The Hall–Kier alpha value is -2.61. The number of benzene rings is 2. The fraction of sp³-hybridized carbons (Fsp3) is 0.133. The van der Waals surface area contributed by atoms with E-state index in [9.17, 15) is 12.8 Å². The first-order chi connectivity index (χ1) is 11.0. The first-order valence-corrected chi connectivity index (χ1v) is 7.97. The maximum Gasteiger partial charge on any atom is 0.276 e. The minimum Gasteiger partial charge on any atom is -0.493 e. The molecule has 0 saturated heterocycles. The van der Waals surface area contributed by atoms with Crippen LogP contribution in [0, 0.1) is 5.82 Å². The van der Waals surface area contributed by atoms with Crippen molar-refractivity contribution in [1.82, 2.24) is 4.83 Å². The van der Waals surface area contributed by atoms with Crippen molar-refractivity contribution in [1.29, 1.82) is 0 Å². The smallest absolute Gasteiger partial charge is 0.276 e. The Morgan fingerprint density at radius 2 is 1.78 bits per heavy atom. The van der Waals surface area contributed by atoms with E-state index >= 15 is 0 Å². The Morgan fingerprint density at radius 1 is 1.09 bits per heavy atom. The summed E-state index contributed by atoms with van der Waals surface area (Å²) in [6.45, 7) is 0. The third-order valence-electron chi connectivity index (χ3n) is 2.95. The SMILES string of the molecule is COc1ccc(S(=O)(=O)N/N=C/c2ccccc2F)cc1OC. The number of hydrogen-bond acceptors (Lipinski definition) is 5. The minimum atomic E-state index is -3.91. The molecule has 0 aliphatic heterocycles. The molecule has 0 atom stereocenters. The van der Waals surface area contributed by atoms with Crippen molar-refractivity contribution >= 4 is 16.2 Å². The normalized spacial score (nSPS) is 11.4. The van der Waals surface area contributed by atoms with Gasteiger partial charge in [0.15, 0.2) is 11.5 Å². The second-order valence-electron chi connectivity index (χ2n) is 4.39. The van der Waals surface area contributed by atoms with E-state index in [0.717, 1.165) is 6.21 Å². The third-order valence-corrected chi connectivity index (χ3v) is 4.17. The average molecular weight is 338 g/mol. The first-order valence-electron chi connectivity index (χ1n) is 6.49. The van der Waals surface area contributed by atoms with Gasteiger partial charge in [0.05, 0.1) is 25.3 Å². The van der Waals surface area contributed by atoms with Gasteiger partial charge < -0.3 is 9.47 Å². The second-order valence-corrected chi connectivity index (χ2v) is 6.05. The first kappa shape index (κ1) is 16.8. The molecule has 8 heteroatoms. The van der Waals surface area contributed by atoms with Crippen LogP contribution in [0.25, 0.3) is 0 Å². The second kappa shape index (κ2) is 7.10. The molecule has 122 valence electrons. The van der Waals surface area contributed by atoms with Gasteiger partial charge in [0.1, 0.15) is 5.82 Å². The molecule has 0 bridgehead atoms. The van der Waals surface area contributed by atoms with E-state index in [2.05, 4.69) is 5.10 Å². The molecule has 0 unspecified atom stereocenters. The average Bonchev–Trinajstić information content (AvgIpc) is 2.55. The van der Waals surface area contributed by atoms with Crippen molar-refractivity contribution in [2.24, 2.45) is 5.10 Å². The maximum atomic E-state index is 13.4. The Bertz CT molecular complexity index is 822. The number of rotatable bonds is 6. The molecule has 0 radical (unpaired) electrons. The third kappa shape index (κ3) is 3.98. The highest BCUT2D eigenvalue weighted by Gasteiger charge is 2.16. The van der Waals surface area contributed by atoms with Crippen LogP contribution >= 0.6 is 0 Å². The molecule has 0 saturated carbocycles. The zero-order valence-corrected chi connectivity index (χ0v) is 13.3. The van der Waals surface area contributed by atoms with Crippen molar-refractivity contribution in [3.63, 3.8) is 0 Å². The van der Waals surface area contributed by atoms with Gasteiger partial charge in [-0.25, -0.2) is 9.22 Å². The molecule has 6 nitrogen and oxygen atoms in total.